The number of ketones is 1. The second kappa shape index (κ2) is 6.23. The SMILES string of the molecule is CC1(C)O[C@H]2CC(=O)OC[C@]23C1=C(O)C(=O)[C@]1(C)C3C[C@H](O)[C@]2(C)[C@H](c3ccoc3)OC(=O)[C@@H]3O[C@]321. The van der Waals surface area contributed by atoms with Gasteiger partial charge in [-0.25, -0.2) is 4.79 Å². The molecule has 0 bridgehead atoms. The molecule has 0 amide bonds. The first-order chi connectivity index (χ1) is 16.9. The third-order valence-electron chi connectivity index (χ3n) is 10.3. The number of allylic oxidation sites excluding steroid dienone is 1. The third-order valence-corrected chi connectivity index (χ3v) is 10.3. The van der Waals surface area contributed by atoms with Gasteiger partial charge in [-0.05, 0) is 39.2 Å². The van der Waals surface area contributed by atoms with Crippen LogP contribution in [-0.4, -0.2) is 64.1 Å². The summed E-state index contributed by atoms with van der Waals surface area (Å²) in [6.45, 7) is 6.87. The Hall–Kier alpha value is -2.69. The van der Waals surface area contributed by atoms with Crippen LogP contribution in [0.2, 0.25) is 0 Å². The summed E-state index contributed by atoms with van der Waals surface area (Å²) in [7, 11) is 0. The Kier molecular flexibility index (Phi) is 3.89. The minimum atomic E-state index is -1.47. The largest absolute Gasteiger partial charge is 0.504 e. The zero-order valence-corrected chi connectivity index (χ0v) is 20.4. The fourth-order valence-electron chi connectivity index (χ4n) is 8.90. The van der Waals surface area contributed by atoms with Crippen molar-refractivity contribution in [1.29, 1.82) is 0 Å². The summed E-state index contributed by atoms with van der Waals surface area (Å²) in [6.07, 6.45) is -0.817. The van der Waals surface area contributed by atoms with E-state index in [1.54, 1.807) is 33.8 Å². The smallest absolute Gasteiger partial charge is 0.339 e. The Morgan fingerprint density at radius 1 is 1.06 bits per heavy atom. The van der Waals surface area contributed by atoms with E-state index >= 15 is 0 Å². The molecule has 10 nitrogen and oxygen atoms in total. The zero-order valence-electron chi connectivity index (χ0n) is 20.4. The number of aliphatic hydroxyl groups excluding tert-OH is 2. The van der Waals surface area contributed by atoms with Gasteiger partial charge in [-0.1, -0.05) is 6.92 Å². The topological polar surface area (TPSA) is 145 Å². The van der Waals surface area contributed by atoms with Crippen LogP contribution in [0.3, 0.4) is 0 Å². The predicted molar refractivity (Wildman–Crippen MR) is 117 cm³/mol. The van der Waals surface area contributed by atoms with Crippen LogP contribution in [0.1, 0.15) is 52.2 Å². The number of carbonyl (C=O) groups excluding carboxylic acids is 3. The van der Waals surface area contributed by atoms with Crippen molar-refractivity contribution in [2.24, 2.45) is 22.2 Å². The summed E-state index contributed by atoms with van der Waals surface area (Å²) < 4.78 is 29.1. The van der Waals surface area contributed by atoms with Crippen LogP contribution >= 0.6 is 0 Å². The van der Waals surface area contributed by atoms with Crippen LogP contribution in [0.25, 0.3) is 0 Å². The van der Waals surface area contributed by atoms with Gasteiger partial charge in [-0.3, -0.25) is 9.59 Å². The summed E-state index contributed by atoms with van der Waals surface area (Å²) >= 11 is 0. The summed E-state index contributed by atoms with van der Waals surface area (Å²) in [5.41, 5.74) is -5.34. The number of esters is 2. The monoisotopic (exact) mass is 500 g/mol. The molecule has 192 valence electrons. The molecule has 1 saturated carbocycles. The van der Waals surface area contributed by atoms with E-state index in [-0.39, 0.29) is 19.4 Å². The number of carbonyl (C=O) groups is 3. The molecule has 0 radical (unpaired) electrons. The number of epoxide rings is 1. The number of furan rings is 1. The minimum absolute atomic E-state index is 0.0503. The molecule has 6 aliphatic rings. The molecule has 9 atom stereocenters. The molecule has 5 heterocycles. The molecular weight excluding hydrogens is 472 g/mol. The van der Waals surface area contributed by atoms with Crippen LogP contribution in [-0.2, 0) is 33.3 Å². The lowest BCUT2D eigenvalue weighted by Crippen LogP contribution is -2.74. The van der Waals surface area contributed by atoms with E-state index in [1.165, 1.54) is 12.5 Å². The molecule has 2 aliphatic carbocycles. The van der Waals surface area contributed by atoms with Gasteiger partial charge < -0.3 is 33.6 Å². The average molecular weight is 501 g/mol. The van der Waals surface area contributed by atoms with Crippen LogP contribution in [0.5, 0.6) is 0 Å². The van der Waals surface area contributed by atoms with Crippen molar-refractivity contribution in [3.8, 4) is 0 Å². The van der Waals surface area contributed by atoms with Gasteiger partial charge in [0.25, 0.3) is 0 Å². The van der Waals surface area contributed by atoms with Crippen molar-refractivity contribution in [3.63, 3.8) is 0 Å². The van der Waals surface area contributed by atoms with Gasteiger partial charge in [-0.2, -0.15) is 0 Å². The Morgan fingerprint density at radius 3 is 2.50 bits per heavy atom. The number of hydrogen-bond donors (Lipinski definition) is 2. The predicted octanol–water partition coefficient (Wildman–Crippen LogP) is 1.91. The highest BCUT2D eigenvalue weighted by Crippen LogP contribution is 2.79. The maximum Gasteiger partial charge on any atom is 0.339 e. The van der Waals surface area contributed by atoms with Crippen molar-refractivity contribution in [3.05, 3.63) is 35.5 Å². The number of cyclic esters (lactones) is 2. The second-order valence-corrected chi connectivity index (χ2v) is 12.0. The summed E-state index contributed by atoms with van der Waals surface area (Å²) in [5.74, 6) is -2.72. The van der Waals surface area contributed by atoms with Crippen LogP contribution < -0.4 is 0 Å². The van der Waals surface area contributed by atoms with Gasteiger partial charge in [0.15, 0.2) is 11.9 Å². The molecule has 0 aromatic carbocycles. The highest BCUT2D eigenvalue weighted by Gasteiger charge is 2.91. The molecule has 1 unspecified atom stereocenters. The molecule has 1 aromatic heterocycles. The van der Waals surface area contributed by atoms with Gasteiger partial charge in [0.2, 0.25) is 5.78 Å². The molecule has 7 rings (SSSR count). The van der Waals surface area contributed by atoms with Crippen molar-refractivity contribution in [2.45, 2.75) is 76.2 Å². The lowest BCUT2D eigenvalue weighted by atomic mass is 9.38. The van der Waals surface area contributed by atoms with Gasteiger partial charge in [-0.15, -0.1) is 0 Å². The fourth-order valence-corrected chi connectivity index (χ4v) is 8.90. The molecule has 36 heavy (non-hydrogen) atoms. The summed E-state index contributed by atoms with van der Waals surface area (Å²) in [5, 5.41) is 23.4. The fraction of sp³-hybridized carbons (Fsp3) is 0.654. The highest BCUT2D eigenvalue weighted by molar-refractivity contribution is 6.03. The minimum Gasteiger partial charge on any atom is -0.504 e. The number of Topliss-reactive ketones (excluding diaryl/α,β-unsaturated/α-hetero) is 1. The number of fused-ring (bicyclic) bond motifs is 1. The number of hydrogen-bond acceptors (Lipinski definition) is 10. The highest BCUT2D eigenvalue weighted by atomic mass is 16.7. The van der Waals surface area contributed by atoms with E-state index in [0.717, 1.165) is 0 Å². The van der Waals surface area contributed by atoms with E-state index in [4.69, 9.17) is 23.4 Å². The van der Waals surface area contributed by atoms with Crippen LogP contribution in [0, 0.1) is 22.2 Å². The molecule has 10 heteroatoms. The maximum atomic E-state index is 14.3. The van der Waals surface area contributed by atoms with Crippen molar-refractivity contribution < 1.29 is 48.0 Å². The van der Waals surface area contributed by atoms with Gasteiger partial charge in [0, 0.05) is 11.1 Å². The van der Waals surface area contributed by atoms with E-state index in [1.807, 2.05) is 0 Å². The lowest BCUT2D eigenvalue weighted by Gasteiger charge is -2.64. The van der Waals surface area contributed by atoms with Crippen molar-refractivity contribution in [2.75, 3.05) is 6.61 Å². The normalized spacial score (nSPS) is 50.2. The van der Waals surface area contributed by atoms with Crippen molar-refractivity contribution in [1.82, 2.24) is 0 Å². The average Bonchev–Trinajstić information content (AvgIpc) is 3.28. The molecule has 4 saturated heterocycles. The number of ether oxygens (including phenoxy) is 4. The molecule has 2 spiro atoms. The first-order valence-electron chi connectivity index (χ1n) is 12.3. The Balaban J connectivity index is 1.49. The lowest BCUT2D eigenvalue weighted by molar-refractivity contribution is -0.240. The summed E-state index contributed by atoms with van der Waals surface area (Å²) in [6, 6.07) is 1.65. The molecule has 5 fully saturated rings. The van der Waals surface area contributed by atoms with Gasteiger partial charge in [0.1, 0.15) is 18.3 Å². The first kappa shape index (κ1) is 22.5. The van der Waals surface area contributed by atoms with Crippen LogP contribution in [0.4, 0.5) is 0 Å². The maximum absolute atomic E-state index is 14.3. The number of rotatable bonds is 1. The zero-order chi connectivity index (χ0) is 25.6. The Labute approximate surface area is 206 Å². The van der Waals surface area contributed by atoms with Gasteiger partial charge >= 0.3 is 11.9 Å². The van der Waals surface area contributed by atoms with Gasteiger partial charge in [0.05, 0.1) is 53.0 Å². The first-order valence-corrected chi connectivity index (χ1v) is 12.3. The Morgan fingerprint density at radius 2 is 1.81 bits per heavy atom. The third kappa shape index (κ3) is 2.06. The molecular formula is C26H28O10. The second-order valence-electron chi connectivity index (χ2n) is 12.0. The molecule has 2 N–H and O–H groups in total. The van der Waals surface area contributed by atoms with E-state index < -0.39 is 81.3 Å². The standard InChI is InChI=1S/C26H28O10/c1-22(2)17-16(29)18(30)23(3)12(25(17)10-33-15(28)8-14(25)35-22)7-13(27)24(4)19(11-5-6-32-9-11)34-21(31)20-26(23,24)36-20/h5-6,9,12-14,19-20,27,29H,7-8,10H2,1-4H3/t12?,13-,14-,19-,20-,23-,24+,25+,26-/m0/s1. The van der Waals surface area contributed by atoms with Crippen LogP contribution in [0.15, 0.2) is 34.3 Å². The Bertz CT molecular complexity index is 1260. The van der Waals surface area contributed by atoms with E-state index in [2.05, 4.69) is 0 Å². The number of aliphatic hydroxyl groups is 2. The van der Waals surface area contributed by atoms with Crippen molar-refractivity contribution >= 4 is 17.7 Å². The molecule has 4 aliphatic heterocycles. The quantitative estimate of drug-likeness (QED) is 0.433. The summed E-state index contributed by atoms with van der Waals surface area (Å²) in [4.78, 5) is 39.8. The molecule has 1 aromatic rings. The van der Waals surface area contributed by atoms with E-state index in [9.17, 15) is 24.6 Å². The van der Waals surface area contributed by atoms with E-state index in [0.29, 0.717) is 11.1 Å².